The van der Waals surface area contributed by atoms with Crippen LogP contribution in [0.3, 0.4) is 0 Å². The molecule has 0 unspecified atom stereocenters. The summed E-state index contributed by atoms with van der Waals surface area (Å²) in [7, 11) is 1.58. The first kappa shape index (κ1) is 16.3. The first-order chi connectivity index (χ1) is 8.13. The number of rotatable bonds is 5. The Morgan fingerprint density at radius 3 is 2.83 bits per heavy atom. The van der Waals surface area contributed by atoms with Gasteiger partial charge in [0, 0.05) is 31.1 Å². The van der Waals surface area contributed by atoms with Crippen molar-refractivity contribution in [3.63, 3.8) is 0 Å². The number of nitrogen functional groups attached to an aromatic ring is 2. The molecule has 0 heterocycles. The number of amides is 1. The number of anilines is 2. The van der Waals surface area contributed by atoms with Crippen LogP contribution in [0.15, 0.2) is 24.3 Å². The van der Waals surface area contributed by atoms with Gasteiger partial charge in [-0.1, -0.05) is 0 Å². The van der Waals surface area contributed by atoms with Crippen molar-refractivity contribution >= 4 is 35.8 Å². The maximum atomic E-state index is 11.4. The number of methoxy groups -OCH3 is 1. The number of benzene rings is 1. The zero-order chi connectivity index (χ0) is 12.7. The van der Waals surface area contributed by atoms with Crippen LogP contribution in [0.5, 0.6) is 0 Å². The van der Waals surface area contributed by atoms with E-state index in [0.717, 1.165) is 5.56 Å². The number of halogens is 1. The minimum absolute atomic E-state index is 0. The molecular weight excluding hydrogens is 254 g/mol. The normalized spacial score (nSPS) is 10.1. The molecule has 1 amide bonds. The smallest absolute Gasteiger partial charge is 0.244 e. The lowest BCUT2D eigenvalue weighted by atomic mass is 10.1. The van der Waals surface area contributed by atoms with Crippen LogP contribution in [0.25, 0.3) is 6.08 Å². The van der Waals surface area contributed by atoms with E-state index < -0.39 is 0 Å². The summed E-state index contributed by atoms with van der Waals surface area (Å²) in [5.41, 5.74) is 13.3. The molecule has 1 aromatic carbocycles. The van der Waals surface area contributed by atoms with Crippen molar-refractivity contribution in [3.8, 4) is 0 Å². The summed E-state index contributed by atoms with van der Waals surface area (Å²) in [6, 6.07) is 5.14. The van der Waals surface area contributed by atoms with Crippen molar-refractivity contribution < 1.29 is 9.53 Å². The molecule has 0 aliphatic heterocycles. The minimum atomic E-state index is -0.191. The highest BCUT2D eigenvalue weighted by Gasteiger charge is 1.98. The van der Waals surface area contributed by atoms with Crippen molar-refractivity contribution in [1.82, 2.24) is 5.32 Å². The zero-order valence-electron chi connectivity index (χ0n) is 10.2. The summed E-state index contributed by atoms with van der Waals surface area (Å²) >= 11 is 0. The van der Waals surface area contributed by atoms with Crippen molar-refractivity contribution in [2.24, 2.45) is 0 Å². The highest BCUT2D eigenvalue weighted by molar-refractivity contribution is 5.92. The number of nitrogens with two attached hydrogens (primary N) is 2. The summed E-state index contributed by atoms with van der Waals surface area (Å²) in [6.45, 7) is 0.964. The molecule has 0 aliphatic rings. The van der Waals surface area contributed by atoms with Gasteiger partial charge in [0.2, 0.25) is 5.91 Å². The third kappa shape index (κ3) is 5.56. The van der Waals surface area contributed by atoms with Gasteiger partial charge in [-0.25, -0.2) is 0 Å². The highest BCUT2D eigenvalue weighted by Crippen LogP contribution is 2.16. The van der Waals surface area contributed by atoms with Crippen LogP contribution in [0.2, 0.25) is 0 Å². The van der Waals surface area contributed by atoms with Gasteiger partial charge in [0.15, 0.2) is 0 Å². The van der Waals surface area contributed by atoms with E-state index >= 15 is 0 Å². The standard InChI is InChI=1S/C12H17N3O2.ClH/c1-17-7-6-15-12(16)5-2-9-8-10(13)3-4-11(9)14;/h2-5,8H,6-7,13-14H2,1H3,(H,15,16);1H. The van der Waals surface area contributed by atoms with E-state index in [-0.39, 0.29) is 18.3 Å². The molecule has 6 heteroatoms. The fourth-order valence-corrected chi connectivity index (χ4v) is 1.24. The summed E-state index contributed by atoms with van der Waals surface area (Å²) < 4.78 is 4.81. The highest BCUT2D eigenvalue weighted by atomic mass is 35.5. The van der Waals surface area contributed by atoms with Crippen LogP contribution in [-0.2, 0) is 9.53 Å². The van der Waals surface area contributed by atoms with E-state index in [1.165, 1.54) is 6.08 Å². The molecule has 0 radical (unpaired) electrons. The fraction of sp³-hybridized carbons (Fsp3) is 0.250. The molecule has 1 rings (SSSR count). The van der Waals surface area contributed by atoms with Crippen LogP contribution in [0, 0.1) is 0 Å². The summed E-state index contributed by atoms with van der Waals surface area (Å²) in [4.78, 5) is 11.4. The molecule has 0 saturated carbocycles. The Morgan fingerprint density at radius 1 is 1.44 bits per heavy atom. The lowest BCUT2D eigenvalue weighted by Gasteiger charge is -2.02. The maximum absolute atomic E-state index is 11.4. The fourth-order valence-electron chi connectivity index (χ4n) is 1.24. The molecule has 18 heavy (non-hydrogen) atoms. The Labute approximate surface area is 113 Å². The van der Waals surface area contributed by atoms with E-state index in [2.05, 4.69) is 5.32 Å². The predicted octanol–water partition coefficient (Wildman–Crippen LogP) is 1.05. The van der Waals surface area contributed by atoms with Gasteiger partial charge in [-0.15, -0.1) is 12.4 Å². The van der Waals surface area contributed by atoms with Crippen LogP contribution in [0.1, 0.15) is 5.56 Å². The van der Waals surface area contributed by atoms with E-state index in [0.29, 0.717) is 24.5 Å². The summed E-state index contributed by atoms with van der Waals surface area (Å²) in [5, 5.41) is 2.67. The van der Waals surface area contributed by atoms with Crippen molar-refractivity contribution in [2.45, 2.75) is 0 Å². The van der Waals surface area contributed by atoms with Gasteiger partial charge in [0.25, 0.3) is 0 Å². The second-order valence-corrected chi connectivity index (χ2v) is 3.51. The molecule has 5 nitrogen and oxygen atoms in total. The number of carbonyl (C=O) groups is 1. The average molecular weight is 272 g/mol. The lowest BCUT2D eigenvalue weighted by molar-refractivity contribution is -0.116. The van der Waals surface area contributed by atoms with Crippen LogP contribution < -0.4 is 16.8 Å². The topological polar surface area (TPSA) is 90.4 Å². The molecule has 0 fully saturated rings. The molecule has 5 N–H and O–H groups in total. The maximum Gasteiger partial charge on any atom is 0.244 e. The molecule has 0 spiro atoms. The van der Waals surface area contributed by atoms with Gasteiger partial charge < -0.3 is 21.5 Å². The minimum Gasteiger partial charge on any atom is -0.399 e. The number of carbonyl (C=O) groups excluding carboxylic acids is 1. The van der Waals surface area contributed by atoms with Crippen LogP contribution in [0.4, 0.5) is 11.4 Å². The van der Waals surface area contributed by atoms with Gasteiger partial charge >= 0.3 is 0 Å². The second-order valence-electron chi connectivity index (χ2n) is 3.51. The third-order valence-corrected chi connectivity index (χ3v) is 2.13. The Kier molecular flexibility index (Phi) is 7.58. The van der Waals surface area contributed by atoms with E-state index in [9.17, 15) is 4.79 Å². The van der Waals surface area contributed by atoms with Crippen molar-refractivity contribution in [3.05, 3.63) is 29.8 Å². The van der Waals surface area contributed by atoms with E-state index in [4.69, 9.17) is 16.2 Å². The number of hydrogen-bond acceptors (Lipinski definition) is 4. The molecule has 100 valence electrons. The first-order valence-electron chi connectivity index (χ1n) is 5.23. The van der Waals surface area contributed by atoms with Gasteiger partial charge in [0.1, 0.15) is 0 Å². The first-order valence-corrected chi connectivity index (χ1v) is 5.23. The zero-order valence-corrected chi connectivity index (χ0v) is 11.0. The largest absolute Gasteiger partial charge is 0.399 e. The molecule has 0 aliphatic carbocycles. The summed E-state index contributed by atoms with van der Waals surface area (Å²) in [6.07, 6.45) is 3.05. The Morgan fingerprint density at radius 2 is 2.17 bits per heavy atom. The third-order valence-electron chi connectivity index (χ3n) is 2.13. The SMILES string of the molecule is COCCNC(=O)C=Cc1cc(N)ccc1N.Cl. The molecule has 1 aromatic rings. The van der Waals surface area contributed by atoms with Crippen molar-refractivity contribution in [1.29, 1.82) is 0 Å². The van der Waals surface area contributed by atoms with Crippen LogP contribution in [-0.4, -0.2) is 26.2 Å². The van der Waals surface area contributed by atoms with Crippen LogP contribution >= 0.6 is 12.4 Å². The molecular formula is C12H18ClN3O2. The molecule has 0 saturated heterocycles. The van der Waals surface area contributed by atoms with Gasteiger partial charge in [0.05, 0.1) is 6.61 Å². The van der Waals surface area contributed by atoms with E-state index in [1.807, 2.05) is 0 Å². The predicted molar refractivity (Wildman–Crippen MR) is 76.4 cm³/mol. The second kappa shape index (κ2) is 8.38. The molecule has 0 atom stereocenters. The van der Waals surface area contributed by atoms with Gasteiger partial charge in [-0.05, 0) is 29.8 Å². The number of hydrogen-bond donors (Lipinski definition) is 3. The van der Waals surface area contributed by atoms with Gasteiger partial charge in [-0.2, -0.15) is 0 Å². The summed E-state index contributed by atoms with van der Waals surface area (Å²) in [5.74, 6) is -0.191. The van der Waals surface area contributed by atoms with E-state index in [1.54, 1.807) is 31.4 Å². The van der Waals surface area contributed by atoms with Crippen molar-refractivity contribution in [2.75, 3.05) is 31.7 Å². The number of ether oxygens (including phenoxy) is 1. The molecule has 0 aromatic heterocycles. The average Bonchev–Trinajstić information content (AvgIpc) is 2.31. The quantitative estimate of drug-likeness (QED) is 0.424. The monoisotopic (exact) mass is 271 g/mol. The Balaban J connectivity index is 0.00000289. The molecule has 0 bridgehead atoms. The number of nitrogens with one attached hydrogen (secondary N) is 1. The Bertz CT molecular complexity index is 422. The lowest BCUT2D eigenvalue weighted by Crippen LogP contribution is -2.24. The Hall–Kier alpha value is -1.72. The van der Waals surface area contributed by atoms with Gasteiger partial charge in [-0.3, -0.25) is 4.79 Å².